The second kappa shape index (κ2) is 12.3. The summed E-state index contributed by atoms with van der Waals surface area (Å²) in [7, 11) is 0. The number of para-hydroxylation sites is 1. The van der Waals surface area contributed by atoms with Crippen molar-refractivity contribution in [3.05, 3.63) is 174 Å². The van der Waals surface area contributed by atoms with Gasteiger partial charge in [-0.3, -0.25) is 10.1 Å². The Balaban J connectivity index is 1.25. The quantitative estimate of drug-likeness (QED) is 0.127. The first kappa shape index (κ1) is 30.8. The van der Waals surface area contributed by atoms with Crippen molar-refractivity contribution in [1.29, 1.82) is 0 Å². The number of hydrogen-bond acceptors (Lipinski definition) is 6. The molecule has 3 heterocycles. The Morgan fingerprint density at radius 2 is 1.08 bits per heavy atom. The molecule has 53 heavy (non-hydrogen) atoms. The third-order valence-corrected chi connectivity index (χ3v) is 10.9. The van der Waals surface area contributed by atoms with Gasteiger partial charge in [-0.2, -0.15) is 0 Å². The molecule has 0 spiro atoms. The Bertz CT molecular complexity index is 2970. The maximum absolute atomic E-state index is 11.7. The van der Waals surface area contributed by atoms with E-state index in [1.165, 1.54) is 25.6 Å². The first-order chi connectivity index (χ1) is 26.1. The molecule has 0 aliphatic heterocycles. The average molecular weight is 702 g/mol. The Kier molecular flexibility index (Phi) is 7.16. The van der Waals surface area contributed by atoms with Gasteiger partial charge in [0.05, 0.1) is 21.6 Å². The fourth-order valence-electron chi connectivity index (χ4n) is 7.34. The fraction of sp³-hybridized carbons (Fsp3) is 0. The van der Waals surface area contributed by atoms with Gasteiger partial charge in [-0.1, -0.05) is 97.1 Å². The summed E-state index contributed by atoms with van der Waals surface area (Å²) in [6.45, 7) is 0. The molecule has 10 rings (SSSR count). The van der Waals surface area contributed by atoms with Crippen LogP contribution in [0.2, 0.25) is 0 Å². The number of nitro groups is 1. The maximum Gasteiger partial charge on any atom is 0.269 e. The molecule has 0 bridgehead atoms. The average Bonchev–Trinajstić information content (AvgIpc) is 3.77. The van der Waals surface area contributed by atoms with E-state index < -0.39 is 0 Å². The fourth-order valence-corrected chi connectivity index (χ4v) is 8.45. The highest BCUT2D eigenvalue weighted by Gasteiger charge is 2.21. The zero-order valence-corrected chi connectivity index (χ0v) is 28.9. The van der Waals surface area contributed by atoms with Gasteiger partial charge in [-0.05, 0) is 60.2 Å². The molecule has 0 unspecified atom stereocenters. The monoisotopic (exact) mass is 701 g/mol. The lowest BCUT2D eigenvalue weighted by Crippen LogP contribution is -2.02. The number of fused-ring (bicyclic) bond motifs is 7. The minimum Gasteiger partial charge on any atom is -0.309 e. The number of nitro benzene ring substituents is 1. The summed E-state index contributed by atoms with van der Waals surface area (Å²) in [5.41, 5.74) is 7.41. The number of non-ortho nitro benzene ring substituents is 1. The van der Waals surface area contributed by atoms with Crippen molar-refractivity contribution in [2.24, 2.45) is 0 Å². The molecular weight excluding hydrogens is 675 g/mol. The van der Waals surface area contributed by atoms with Crippen LogP contribution in [-0.2, 0) is 0 Å². The van der Waals surface area contributed by atoms with Crippen LogP contribution in [0.25, 0.3) is 93.0 Å². The molecule has 0 saturated carbocycles. The van der Waals surface area contributed by atoms with Crippen LogP contribution in [0.5, 0.6) is 0 Å². The lowest BCUT2D eigenvalue weighted by atomic mass is 9.99. The Labute approximate surface area is 307 Å². The zero-order chi connectivity index (χ0) is 35.5. The van der Waals surface area contributed by atoms with Gasteiger partial charge < -0.3 is 4.57 Å². The molecule has 0 fully saturated rings. The number of benzene rings is 7. The predicted octanol–water partition coefficient (Wildman–Crippen LogP) is 11.9. The van der Waals surface area contributed by atoms with Crippen molar-refractivity contribution >= 4 is 59.0 Å². The third kappa shape index (κ3) is 5.15. The van der Waals surface area contributed by atoms with Gasteiger partial charge in [-0.15, -0.1) is 11.3 Å². The highest BCUT2D eigenvalue weighted by Crippen LogP contribution is 2.45. The number of hydrogen-bond donors (Lipinski definition) is 0. The van der Waals surface area contributed by atoms with Crippen LogP contribution in [0, 0.1) is 10.1 Å². The number of nitrogens with zero attached hydrogens (tertiary/aromatic N) is 5. The van der Waals surface area contributed by atoms with Gasteiger partial charge in [0.25, 0.3) is 5.69 Å². The van der Waals surface area contributed by atoms with E-state index in [1.54, 1.807) is 12.1 Å². The number of aromatic nitrogens is 4. The number of rotatable bonds is 6. The molecule has 0 aliphatic carbocycles. The van der Waals surface area contributed by atoms with Crippen molar-refractivity contribution in [3.63, 3.8) is 0 Å². The summed E-state index contributed by atoms with van der Waals surface area (Å²) in [4.78, 5) is 26.2. The van der Waals surface area contributed by atoms with E-state index in [0.29, 0.717) is 17.5 Å². The minimum atomic E-state index is -0.370. The first-order valence-corrected chi connectivity index (χ1v) is 18.0. The third-order valence-electron chi connectivity index (χ3n) is 9.76. The van der Waals surface area contributed by atoms with E-state index in [1.807, 2.05) is 84.1 Å². The topological polar surface area (TPSA) is 86.7 Å². The van der Waals surface area contributed by atoms with E-state index >= 15 is 0 Å². The molecule has 0 aliphatic rings. The summed E-state index contributed by atoms with van der Waals surface area (Å²) in [6.07, 6.45) is 0. The molecule has 7 aromatic carbocycles. The molecule has 0 amide bonds. The summed E-state index contributed by atoms with van der Waals surface area (Å²) < 4.78 is 4.81. The van der Waals surface area contributed by atoms with E-state index in [-0.39, 0.29) is 10.6 Å². The van der Waals surface area contributed by atoms with Crippen molar-refractivity contribution in [2.45, 2.75) is 0 Å². The lowest BCUT2D eigenvalue weighted by Gasteiger charge is -2.16. The SMILES string of the molecule is O=[N+]([O-])c1ccc(-c2cc(-c3nc(-c4ccccc4)nc(-c4ccccc4)n3)ccc2-n2c3ccccc3c3c4c(ccc32)sc2ccccc24)cc1. The summed E-state index contributed by atoms with van der Waals surface area (Å²) in [5.74, 6) is 1.68. The standard InChI is InChI=1S/C45H27N5O2S/c51-50(52)32-22-19-28(20-23-32)35-27-31(45-47-43(29-11-3-1-4-12-29)46-44(48-45)30-13-5-2-6-14-30)21-24-37(35)49-36-17-9-7-15-33(36)41-38(49)25-26-40-42(41)34-16-8-10-18-39(34)53-40/h1-27H. The largest absolute Gasteiger partial charge is 0.309 e. The maximum atomic E-state index is 11.7. The van der Waals surface area contributed by atoms with E-state index in [9.17, 15) is 10.1 Å². The molecular formula is C45H27N5O2S. The Morgan fingerprint density at radius 1 is 0.491 bits per heavy atom. The second-order valence-electron chi connectivity index (χ2n) is 12.9. The molecule has 0 radical (unpaired) electrons. The number of thiophene rings is 1. The Morgan fingerprint density at radius 3 is 1.75 bits per heavy atom. The molecule has 0 atom stereocenters. The molecule has 3 aromatic heterocycles. The molecule has 0 saturated heterocycles. The van der Waals surface area contributed by atoms with Crippen molar-refractivity contribution in [1.82, 2.24) is 19.5 Å². The van der Waals surface area contributed by atoms with Crippen LogP contribution >= 0.6 is 11.3 Å². The molecule has 0 N–H and O–H groups in total. The smallest absolute Gasteiger partial charge is 0.269 e. The van der Waals surface area contributed by atoms with Gasteiger partial charge in [0, 0.05) is 65.3 Å². The molecule has 250 valence electrons. The molecule has 10 aromatic rings. The van der Waals surface area contributed by atoms with Crippen LogP contribution in [0.1, 0.15) is 0 Å². The summed E-state index contributed by atoms with van der Waals surface area (Å²) in [6, 6.07) is 54.4. The van der Waals surface area contributed by atoms with Crippen molar-refractivity contribution < 1.29 is 4.92 Å². The highest BCUT2D eigenvalue weighted by molar-refractivity contribution is 7.26. The lowest BCUT2D eigenvalue weighted by molar-refractivity contribution is -0.384. The van der Waals surface area contributed by atoms with Gasteiger partial charge in [0.1, 0.15) is 0 Å². The van der Waals surface area contributed by atoms with Crippen LogP contribution in [0.4, 0.5) is 5.69 Å². The summed E-state index contributed by atoms with van der Waals surface area (Å²) >= 11 is 1.81. The van der Waals surface area contributed by atoms with Crippen molar-refractivity contribution in [2.75, 3.05) is 0 Å². The van der Waals surface area contributed by atoms with Crippen LogP contribution in [0.3, 0.4) is 0 Å². The van der Waals surface area contributed by atoms with Gasteiger partial charge >= 0.3 is 0 Å². The molecule has 7 nitrogen and oxygen atoms in total. The van der Waals surface area contributed by atoms with Gasteiger partial charge in [0.2, 0.25) is 0 Å². The minimum absolute atomic E-state index is 0.0347. The normalized spacial score (nSPS) is 11.5. The van der Waals surface area contributed by atoms with E-state index in [4.69, 9.17) is 15.0 Å². The first-order valence-electron chi connectivity index (χ1n) is 17.2. The van der Waals surface area contributed by atoms with Crippen molar-refractivity contribution in [3.8, 4) is 51.0 Å². The Hall–Kier alpha value is -7.03. The highest BCUT2D eigenvalue weighted by atomic mass is 32.1. The second-order valence-corrected chi connectivity index (χ2v) is 13.9. The predicted molar refractivity (Wildman–Crippen MR) is 215 cm³/mol. The van der Waals surface area contributed by atoms with E-state index in [0.717, 1.165) is 49.9 Å². The van der Waals surface area contributed by atoms with Crippen LogP contribution < -0.4 is 0 Å². The van der Waals surface area contributed by atoms with Gasteiger partial charge in [-0.25, -0.2) is 15.0 Å². The molecule has 8 heteroatoms. The van der Waals surface area contributed by atoms with E-state index in [2.05, 4.69) is 83.4 Å². The summed E-state index contributed by atoms with van der Waals surface area (Å²) in [5, 5.41) is 16.5. The van der Waals surface area contributed by atoms with Crippen LogP contribution in [-0.4, -0.2) is 24.4 Å². The van der Waals surface area contributed by atoms with Crippen LogP contribution in [0.15, 0.2) is 164 Å². The van der Waals surface area contributed by atoms with Gasteiger partial charge in [0.15, 0.2) is 17.5 Å². The zero-order valence-electron chi connectivity index (χ0n) is 28.0.